The second-order valence-electron chi connectivity index (χ2n) is 9.53. The number of halogens is 1. The fourth-order valence-electron chi connectivity index (χ4n) is 6.15. The summed E-state index contributed by atoms with van der Waals surface area (Å²) in [5.74, 6) is -2.11. The first-order valence-electron chi connectivity index (χ1n) is 11.8. The van der Waals surface area contributed by atoms with Gasteiger partial charge in [0, 0.05) is 23.4 Å². The molecular weight excluding hydrogens is 452 g/mol. The number of para-hydroxylation sites is 1. The topological polar surface area (TPSA) is 66.9 Å². The lowest BCUT2D eigenvalue weighted by Gasteiger charge is -2.38. The molecule has 0 bridgehead atoms. The number of anilines is 1. The molecule has 4 aliphatic heterocycles. The van der Waals surface area contributed by atoms with Gasteiger partial charge in [0.2, 0.25) is 11.8 Å². The van der Waals surface area contributed by atoms with E-state index in [9.17, 15) is 14.4 Å². The van der Waals surface area contributed by atoms with Crippen molar-refractivity contribution >= 4 is 40.5 Å². The predicted octanol–water partition coefficient (Wildman–Crippen LogP) is 3.98. The van der Waals surface area contributed by atoms with Crippen molar-refractivity contribution in [2.75, 3.05) is 18.1 Å². The molecule has 0 saturated carbocycles. The summed E-state index contributed by atoms with van der Waals surface area (Å²) in [5, 5.41) is 0.345. The Bertz CT molecular complexity index is 1230. The van der Waals surface area contributed by atoms with Gasteiger partial charge in [0.1, 0.15) is 6.04 Å². The molecule has 0 N–H and O–H groups in total. The van der Waals surface area contributed by atoms with Crippen LogP contribution in [0.25, 0.3) is 5.57 Å². The minimum absolute atomic E-state index is 0.134. The lowest BCUT2D eigenvalue weighted by molar-refractivity contribution is -0.142. The van der Waals surface area contributed by atoms with E-state index < -0.39 is 17.9 Å². The molecule has 4 aliphatic rings. The molecule has 0 unspecified atom stereocenters. The number of carbonyl (C=O) groups excluding carboxylic acids is 3. The Balaban J connectivity index is 1.47. The van der Waals surface area contributed by atoms with Gasteiger partial charge in [-0.1, -0.05) is 48.0 Å². The summed E-state index contributed by atoms with van der Waals surface area (Å²) in [7, 11) is 0. The number of benzene rings is 2. The SMILES string of the molecule is CC1=C[C@@H]2[C@@H]3C(=O)N(C[C@@H]4CCCO4)C(=O)[C@H]3[C@H](C(=O)c3ccccc3Cl)N2c2ccccc21. The van der Waals surface area contributed by atoms with Crippen LogP contribution in [0, 0.1) is 11.8 Å². The highest BCUT2D eigenvalue weighted by atomic mass is 35.5. The first-order chi connectivity index (χ1) is 16.5. The number of Topliss-reactive ketones (excluding diaryl/α,β-unsaturated/α-hetero) is 1. The second-order valence-corrected chi connectivity index (χ2v) is 9.93. The van der Waals surface area contributed by atoms with Crippen molar-refractivity contribution in [3.8, 4) is 0 Å². The van der Waals surface area contributed by atoms with Crippen LogP contribution < -0.4 is 4.90 Å². The van der Waals surface area contributed by atoms with Crippen molar-refractivity contribution in [2.24, 2.45) is 11.8 Å². The van der Waals surface area contributed by atoms with Crippen LogP contribution in [0.2, 0.25) is 5.02 Å². The smallest absolute Gasteiger partial charge is 0.235 e. The average molecular weight is 477 g/mol. The Morgan fingerprint density at radius 3 is 2.56 bits per heavy atom. The normalized spacial score (nSPS) is 29.7. The van der Waals surface area contributed by atoms with Gasteiger partial charge in [-0.15, -0.1) is 0 Å². The molecule has 2 amide bonds. The number of imide groups is 1. The van der Waals surface area contributed by atoms with Crippen LogP contribution >= 0.6 is 11.6 Å². The number of carbonyl (C=O) groups is 3. The molecule has 4 heterocycles. The summed E-state index contributed by atoms with van der Waals surface area (Å²) in [6.45, 7) is 2.92. The summed E-state index contributed by atoms with van der Waals surface area (Å²) in [5.41, 5.74) is 3.29. The van der Waals surface area contributed by atoms with E-state index >= 15 is 0 Å². The van der Waals surface area contributed by atoms with Gasteiger partial charge in [0.15, 0.2) is 5.78 Å². The number of fused-ring (bicyclic) bond motifs is 5. The van der Waals surface area contributed by atoms with Crippen molar-refractivity contribution in [1.29, 1.82) is 0 Å². The molecule has 0 aliphatic carbocycles. The Morgan fingerprint density at radius 1 is 1.06 bits per heavy atom. The van der Waals surface area contributed by atoms with Gasteiger partial charge in [0.05, 0.1) is 35.5 Å². The zero-order valence-electron chi connectivity index (χ0n) is 18.8. The van der Waals surface area contributed by atoms with E-state index in [0.29, 0.717) is 17.2 Å². The van der Waals surface area contributed by atoms with Gasteiger partial charge in [-0.05, 0) is 43.5 Å². The van der Waals surface area contributed by atoms with E-state index in [1.165, 1.54) is 4.90 Å². The highest BCUT2D eigenvalue weighted by Gasteiger charge is 2.64. The molecule has 0 spiro atoms. The standard InChI is InChI=1S/C27H25ClN2O4/c1-15-13-21-22-23(27(33)29(26(22)32)14-16-7-6-12-34-16)24(25(31)18-9-2-4-10-19(18)28)30(21)20-11-5-3-8-17(15)20/h2-5,8-11,13,16,21-24H,6-7,12,14H2,1H3/t16-,21+,22-,23+,24+/m0/s1. The highest BCUT2D eigenvalue weighted by molar-refractivity contribution is 6.34. The van der Waals surface area contributed by atoms with Gasteiger partial charge in [-0.25, -0.2) is 0 Å². The fraction of sp³-hybridized carbons (Fsp3) is 0.370. The molecule has 2 aromatic rings. The molecule has 3 fully saturated rings. The zero-order chi connectivity index (χ0) is 23.6. The van der Waals surface area contributed by atoms with Gasteiger partial charge < -0.3 is 9.64 Å². The molecule has 3 saturated heterocycles. The Morgan fingerprint density at radius 2 is 1.79 bits per heavy atom. The third kappa shape index (κ3) is 3.08. The van der Waals surface area contributed by atoms with Crippen LogP contribution in [0.15, 0.2) is 54.6 Å². The third-order valence-corrected chi connectivity index (χ3v) is 7.99. The van der Waals surface area contributed by atoms with E-state index in [1.54, 1.807) is 24.3 Å². The number of ketones is 1. The number of hydrogen-bond acceptors (Lipinski definition) is 5. The predicted molar refractivity (Wildman–Crippen MR) is 129 cm³/mol. The van der Waals surface area contributed by atoms with Gasteiger partial charge in [0.25, 0.3) is 0 Å². The number of amides is 2. The highest BCUT2D eigenvalue weighted by Crippen LogP contribution is 2.50. The lowest BCUT2D eigenvalue weighted by Crippen LogP contribution is -2.50. The minimum atomic E-state index is -0.814. The van der Waals surface area contributed by atoms with Crippen molar-refractivity contribution in [3.05, 3.63) is 70.8 Å². The van der Waals surface area contributed by atoms with Gasteiger partial charge in [-0.3, -0.25) is 19.3 Å². The molecule has 6 nitrogen and oxygen atoms in total. The largest absolute Gasteiger partial charge is 0.376 e. The van der Waals surface area contributed by atoms with Crippen LogP contribution in [0.5, 0.6) is 0 Å². The van der Waals surface area contributed by atoms with Crippen molar-refractivity contribution < 1.29 is 19.1 Å². The number of rotatable bonds is 4. The molecule has 0 aromatic heterocycles. The summed E-state index contributed by atoms with van der Waals surface area (Å²) in [6, 6.07) is 13.6. The summed E-state index contributed by atoms with van der Waals surface area (Å²) in [6.07, 6.45) is 3.66. The maximum atomic E-state index is 14.0. The lowest BCUT2D eigenvalue weighted by atomic mass is 9.85. The molecule has 2 aromatic carbocycles. The molecule has 174 valence electrons. The maximum absolute atomic E-state index is 14.0. The van der Waals surface area contributed by atoms with Crippen LogP contribution in [-0.2, 0) is 14.3 Å². The van der Waals surface area contributed by atoms with Crippen LogP contribution in [0.4, 0.5) is 5.69 Å². The average Bonchev–Trinajstić information content (AvgIpc) is 3.53. The Kier molecular flexibility index (Phi) is 5.12. The summed E-state index contributed by atoms with van der Waals surface area (Å²) >= 11 is 6.42. The van der Waals surface area contributed by atoms with Gasteiger partial charge in [-0.2, -0.15) is 0 Å². The van der Waals surface area contributed by atoms with E-state index in [-0.39, 0.29) is 36.3 Å². The van der Waals surface area contributed by atoms with E-state index in [2.05, 4.69) is 0 Å². The van der Waals surface area contributed by atoms with E-state index in [4.69, 9.17) is 16.3 Å². The number of nitrogens with zero attached hydrogens (tertiary/aromatic N) is 2. The number of ether oxygens (including phenoxy) is 1. The van der Waals surface area contributed by atoms with Crippen molar-refractivity contribution in [1.82, 2.24) is 4.90 Å². The maximum Gasteiger partial charge on any atom is 0.235 e. The quantitative estimate of drug-likeness (QED) is 0.493. The van der Waals surface area contributed by atoms with Crippen LogP contribution in [0.1, 0.15) is 35.7 Å². The monoisotopic (exact) mass is 476 g/mol. The number of hydrogen-bond donors (Lipinski definition) is 0. The summed E-state index contributed by atoms with van der Waals surface area (Å²) in [4.78, 5) is 44.8. The van der Waals surface area contributed by atoms with E-state index in [1.807, 2.05) is 42.2 Å². The summed E-state index contributed by atoms with van der Waals surface area (Å²) < 4.78 is 5.71. The fourth-order valence-corrected chi connectivity index (χ4v) is 6.38. The minimum Gasteiger partial charge on any atom is -0.376 e. The second kappa shape index (κ2) is 8.07. The van der Waals surface area contributed by atoms with Crippen LogP contribution in [-0.4, -0.2) is 53.8 Å². The molecule has 34 heavy (non-hydrogen) atoms. The third-order valence-electron chi connectivity index (χ3n) is 7.66. The number of likely N-dealkylation sites (tertiary alicyclic amines) is 1. The van der Waals surface area contributed by atoms with E-state index in [0.717, 1.165) is 29.7 Å². The molecule has 6 rings (SSSR count). The Labute approximate surface area is 203 Å². The van der Waals surface area contributed by atoms with Crippen LogP contribution in [0.3, 0.4) is 0 Å². The Hall–Kier alpha value is -2.96. The first-order valence-corrected chi connectivity index (χ1v) is 12.2. The van der Waals surface area contributed by atoms with Gasteiger partial charge >= 0.3 is 0 Å². The molecule has 7 heteroatoms. The number of allylic oxidation sites excluding steroid dienone is 1. The zero-order valence-corrected chi connectivity index (χ0v) is 19.6. The molecular formula is C27H25ClN2O4. The van der Waals surface area contributed by atoms with Crippen molar-refractivity contribution in [2.45, 2.75) is 38.0 Å². The first kappa shape index (κ1) is 21.6. The molecule has 5 atom stereocenters. The molecule has 0 radical (unpaired) electrons. The van der Waals surface area contributed by atoms with Crippen molar-refractivity contribution in [3.63, 3.8) is 0 Å².